The van der Waals surface area contributed by atoms with E-state index in [2.05, 4.69) is 0 Å². The molecule has 0 unspecified atom stereocenters. The molecule has 2 heterocycles. The van der Waals surface area contributed by atoms with Gasteiger partial charge in [0.1, 0.15) is 5.58 Å². The van der Waals surface area contributed by atoms with Crippen LogP contribution >= 0.6 is 22.9 Å². The first-order valence-corrected chi connectivity index (χ1v) is 8.13. The van der Waals surface area contributed by atoms with Crippen molar-refractivity contribution in [1.82, 2.24) is 0 Å². The summed E-state index contributed by atoms with van der Waals surface area (Å²) in [6.45, 7) is 1.68. The van der Waals surface area contributed by atoms with Crippen molar-refractivity contribution >= 4 is 45.7 Å². The number of furan rings is 1. The number of rotatable bonds is 5. The van der Waals surface area contributed by atoms with Gasteiger partial charge in [-0.15, -0.1) is 11.3 Å². The van der Waals surface area contributed by atoms with Crippen LogP contribution in [0.3, 0.4) is 0 Å². The Kier molecular flexibility index (Phi) is 4.50. The molecule has 118 valence electrons. The second kappa shape index (κ2) is 6.56. The molecule has 0 fully saturated rings. The first-order valence-electron chi connectivity index (χ1n) is 6.94. The molecule has 1 aromatic carbocycles. The Morgan fingerprint density at radius 1 is 1.26 bits per heavy atom. The predicted molar refractivity (Wildman–Crippen MR) is 89.3 cm³/mol. The Hall–Kier alpha value is -2.11. The molecule has 0 aliphatic rings. The number of Topliss-reactive ketones (excluding diaryl/α,β-unsaturated/α-hetero) is 1. The molecule has 0 aliphatic heterocycles. The summed E-state index contributed by atoms with van der Waals surface area (Å²) in [7, 11) is 0. The third-order valence-electron chi connectivity index (χ3n) is 3.36. The average molecular weight is 349 g/mol. The molecule has 0 amide bonds. The maximum atomic E-state index is 11.9. The Balaban J connectivity index is 1.61. The summed E-state index contributed by atoms with van der Waals surface area (Å²) >= 11 is 6.94. The number of carbonyl (C=O) groups excluding carboxylic acids is 2. The summed E-state index contributed by atoms with van der Waals surface area (Å²) in [6.07, 6.45) is 1.61. The van der Waals surface area contributed by atoms with Crippen LogP contribution < -0.4 is 0 Å². The maximum absolute atomic E-state index is 11.9. The molecule has 0 spiro atoms. The monoisotopic (exact) mass is 348 g/mol. The van der Waals surface area contributed by atoms with Gasteiger partial charge in [-0.2, -0.15) is 0 Å². The largest absolute Gasteiger partial charge is 0.464 e. The summed E-state index contributed by atoms with van der Waals surface area (Å²) in [5, 5.41) is 0.879. The molecule has 3 aromatic rings. The topological polar surface area (TPSA) is 56.5 Å². The third kappa shape index (κ3) is 3.63. The number of benzene rings is 1. The van der Waals surface area contributed by atoms with Crippen LogP contribution in [0.25, 0.3) is 11.0 Å². The Morgan fingerprint density at radius 3 is 2.83 bits per heavy atom. The normalized spacial score (nSPS) is 10.9. The molecule has 4 nitrogen and oxygen atoms in total. The molecule has 0 bridgehead atoms. The molecule has 2 aromatic heterocycles. The summed E-state index contributed by atoms with van der Waals surface area (Å²) in [5.41, 5.74) is 2.56. The second-order valence-electron chi connectivity index (χ2n) is 5.12. The molecular formula is C17H13ClO4S. The molecule has 0 aliphatic carbocycles. The van der Waals surface area contributed by atoms with Gasteiger partial charge in [0.05, 0.1) is 21.9 Å². The van der Waals surface area contributed by atoms with Gasteiger partial charge in [0.2, 0.25) is 5.78 Å². The Bertz CT molecular complexity index is 878. The number of halogens is 1. The van der Waals surface area contributed by atoms with Gasteiger partial charge in [-0.25, -0.2) is 0 Å². The van der Waals surface area contributed by atoms with Crippen LogP contribution in [-0.4, -0.2) is 18.4 Å². The summed E-state index contributed by atoms with van der Waals surface area (Å²) in [6, 6.07) is 9.04. The van der Waals surface area contributed by atoms with E-state index < -0.39 is 5.97 Å². The van der Waals surface area contributed by atoms with Crippen molar-refractivity contribution in [2.75, 3.05) is 6.61 Å². The molecule has 0 saturated carbocycles. The van der Waals surface area contributed by atoms with Crippen LogP contribution in [0.2, 0.25) is 4.34 Å². The second-order valence-corrected chi connectivity index (χ2v) is 6.84. The van der Waals surface area contributed by atoms with E-state index in [1.807, 2.05) is 25.1 Å². The van der Waals surface area contributed by atoms with E-state index in [-0.39, 0.29) is 18.8 Å². The minimum absolute atomic E-state index is 0.0640. The highest BCUT2D eigenvalue weighted by molar-refractivity contribution is 7.18. The number of hydrogen-bond acceptors (Lipinski definition) is 5. The van der Waals surface area contributed by atoms with Crippen LogP contribution in [0.4, 0.5) is 0 Å². The molecule has 0 atom stereocenters. The van der Waals surface area contributed by atoms with E-state index >= 15 is 0 Å². The van der Waals surface area contributed by atoms with E-state index in [9.17, 15) is 9.59 Å². The Morgan fingerprint density at radius 2 is 2.09 bits per heavy atom. The van der Waals surface area contributed by atoms with Crippen molar-refractivity contribution in [2.45, 2.75) is 13.3 Å². The molecule has 3 rings (SSSR count). The SMILES string of the molecule is Cc1ccc2c(CC(=O)OCC(=O)c3ccc(Cl)s3)coc2c1. The summed E-state index contributed by atoms with van der Waals surface area (Å²) in [5.74, 6) is -0.729. The van der Waals surface area contributed by atoms with Gasteiger partial charge in [0.25, 0.3) is 0 Å². The standard InChI is InChI=1S/C17H13ClO4S/c1-10-2-3-12-11(8-21-14(12)6-10)7-17(20)22-9-13(19)15-4-5-16(18)23-15/h2-6,8H,7,9H2,1H3. The lowest BCUT2D eigenvalue weighted by Gasteiger charge is -2.02. The molecule has 0 radical (unpaired) electrons. The highest BCUT2D eigenvalue weighted by atomic mass is 35.5. The number of ether oxygens (including phenoxy) is 1. The highest BCUT2D eigenvalue weighted by Gasteiger charge is 2.15. The number of hydrogen-bond donors (Lipinski definition) is 0. The lowest BCUT2D eigenvalue weighted by molar-refractivity contribution is -0.141. The fourth-order valence-corrected chi connectivity index (χ4v) is 3.18. The number of ketones is 1. The number of esters is 1. The van der Waals surface area contributed by atoms with Gasteiger partial charge in [-0.3, -0.25) is 9.59 Å². The lowest BCUT2D eigenvalue weighted by atomic mass is 10.1. The van der Waals surface area contributed by atoms with Crippen molar-refractivity contribution in [3.8, 4) is 0 Å². The zero-order chi connectivity index (χ0) is 16.4. The molecule has 0 saturated heterocycles. The molecule has 23 heavy (non-hydrogen) atoms. The fraction of sp³-hybridized carbons (Fsp3) is 0.176. The van der Waals surface area contributed by atoms with Crippen LogP contribution in [-0.2, 0) is 16.0 Å². The highest BCUT2D eigenvalue weighted by Crippen LogP contribution is 2.23. The predicted octanol–water partition coefficient (Wildman–Crippen LogP) is 4.42. The first-order chi connectivity index (χ1) is 11.0. The van der Waals surface area contributed by atoms with Gasteiger partial charge in [0, 0.05) is 10.9 Å². The smallest absolute Gasteiger partial charge is 0.310 e. The lowest BCUT2D eigenvalue weighted by Crippen LogP contribution is -2.14. The van der Waals surface area contributed by atoms with Crippen LogP contribution in [0.5, 0.6) is 0 Å². The van der Waals surface area contributed by atoms with E-state index in [0.29, 0.717) is 9.21 Å². The number of aryl methyl sites for hydroxylation is 1. The van der Waals surface area contributed by atoms with Gasteiger partial charge >= 0.3 is 5.97 Å². The van der Waals surface area contributed by atoms with Crippen molar-refractivity contribution < 1.29 is 18.7 Å². The maximum Gasteiger partial charge on any atom is 0.310 e. The zero-order valence-corrected chi connectivity index (χ0v) is 13.9. The van der Waals surface area contributed by atoms with E-state index in [1.54, 1.807) is 18.4 Å². The number of thiophene rings is 1. The van der Waals surface area contributed by atoms with Gasteiger partial charge < -0.3 is 9.15 Å². The third-order valence-corrected chi connectivity index (χ3v) is 4.63. The Labute approximate surface area is 141 Å². The minimum atomic E-state index is -0.468. The van der Waals surface area contributed by atoms with Crippen molar-refractivity contribution in [1.29, 1.82) is 0 Å². The summed E-state index contributed by atoms with van der Waals surface area (Å²) in [4.78, 5) is 24.3. The van der Waals surface area contributed by atoms with Crippen LogP contribution in [0.15, 0.2) is 41.0 Å². The van der Waals surface area contributed by atoms with Crippen molar-refractivity contribution in [3.63, 3.8) is 0 Å². The average Bonchev–Trinajstić information content (AvgIpc) is 3.11. The van der Waals surface area contributed by atoms with Crippen molar-refractivity contribution in [2.24, 2.45) is 0 Å². The van der Waals surface area contributed by atoms with Crippen LogP contribution in [0, 0.1) is 6.92 Å². The first kappa shape index (κ1) is 15.8. The molecule has 6 heteroatoms. The fourth-order valence-electron chi connectivity index (χ4n) is 2.22. The van der Waals surface area contributed by atoms with Gasteiger partial charge in [-0.05, 0) is 30.7 Å². The van der Waals surface area contributed by atoms with Crippen LogP contribution in [0.1, 0.15) is 20.8 Å². The number of carbonyl (C=O) groups is 2. The minimum Gasteiger partial charge on any atom is -0.464 e. The van der Waals surface area contributed by atoms with Gasteiger partial charge in [-0.1, -0.05) is 23.7 Å². The number of fused-ring (bicyclic) bond motifs is 1. The van der Waals surface area contributed by atoms with E-state index in [4.69, 9.17) is 20.8 Å². The molecule has 0 N–H and O–H groups in total. The van der Waals surface area contributed by atoms with Crippen molar-refractivity contribution in [3.05, 3.63) is 56.9 Å². The van der Waals surface area contributed by atoms with Gasteiger partial charge in [0.15, 0.2) is 6.61 Å². The van der Waals surface area contributed by atoms with E-state index in [0.717, 1.165) is 22.1 Å². The molecular weight excluding hydrogens is 336 g/mol. The summed E-state index contributed by atoms with van der Waals surface area (Å²) < 4.78 is 11.0. The zero-order valence-electron chi connectivity index (χ0n) is 12.3. The quantitative estimate of drug-likeness (QED) is 0.505. The van der Waals surface area contributed by atoms with E-state index in [1.165, 1.54) is 11.3 Å².